The van der Waals surface area contributed by atoms with Crippen LogP contribution < -0.4 is 4.90 Å². The Labute approximate surface area is 222 Å². The summed E-state index contributed by atoms with van der Waals surface area (Å²) in [6.45, 7) is 4.13. The SMILES string of the molecule is Cc1ccc(N2CCCC(C(=O)N(Cc3nc(-c4ccc(Cl)cc4Cl)no3)C3CCCCC3)C2)cc1. The van der Waals surface area contributed by atoms with Crippen LogP contribution in [0.1, 0.15) is 56.4 Å². The quantitative estimate of drug-likeness (QED) is 0.348. The zero-order chi connectivity index (χ0) is 25.1. The Kier molecular flexibility index (Phi) is 7.82. The number of rotatable bonds is 6. The summed E-state index contributed by atoms with van der Waals surface area (Å²) in [7, 11) is 0. The van der Waals surface area contributed by atoms with E-state index >= 15 is 0 Å². The van der Waals surface area contributed by atoms with Gasteiger partial charge in [-0.15, -0.1) is 0 Å². The molecule has 0 bridgehead atoms. The van der Waals surface area contributed by atoms with Gasteiger partial charge in [0.1, 0.15) is 6.54 Å². The fraction of sp³-hybridized carbons (Fsp3) is 0.464. The Balaban J connectivity index is 1.35. The van der Waals surface area contributed by atoms with Crippen LogP contribution in [0.15, 0.2) is 47.0 Å². The van der Waals surface area contributed by atoms with Crippen molar-refractivity contribution in [2.45, 2.75) is 64.5 Å². The Bertz CT molecular complexity index is 1190. The molecule has 1 unspecified atom stereocenters. The molecule has 1 saturated heterocycles. The molecule has 1 saturated carbocycles. The van der Waals surface area contributed by atoms with Crippen molar-refractivity contribution in [1.82, 2.24) is 15.0 Å². The van der Waals surface area contributed by atoms with Gasteiger partial charge in [0.05, 0.1) is 10.9 Å². The largest absolute Gasteiger partial charge is 0.371 e. The van der Waals surface area contributed by atoms with Crippen LogP contribution in [-0.4, -0.2) is 40.1 Å². The van der Waals surface area contributed by atoms with Gasteiger partial charge in [0.15, 0.2) is 0 Å². The predicted molar refractivity (Wildman–Crippen MR) is 143 cm³/mol. The van der Waals surface area contributed by atoms with Crippen molar-refractivity contribution in [3.63, 3.8) is 0 Å². The highest BCUT2D eigenvalue weighted by molar-refractivity contribution is 6.36. The van der Waals surface area contributed by atoms with Crippen LogP contribution >= 0.6 is 23.2 Å². The van der Waals surface area contributed by atoms with Gasteiger partial charge < -0.3 is 14.3 Å². The highest BCUT2D eigenvalue weighted by atomic mass is 35.5. The fourth-order valence-corrected chi connectivity index (χ4v) is 5.92. The number of aryl methyl sites for hydroxylation is 1. The molecule has 0 spiro atoms. The molecule has 36 heavy (non-hydrogen) atoms. The monoisotopic (exact) mass is 526 g/mol. The normalized spacial score (nSPS) is 18.9. The van der Waals surface area contributed by atoms with Crippen LogP contribution in [0.4, 0.5) is 5.69 Å². The minimum atomic E-state index is -0.0462. The maximum Gasteiger partial charge on any atom is 0.246 e. The number of carbonyl (C=O) groups is 1. The number of hydrogen-bond acceptors (Lipinski definition) is 5. The van der Waals surface area contributed by atoms with E-state index in [1.54, 1.807) is 18.2 Å². The standard InChI is InChI=1S/C28H32Cl2N4O2/c1-19-9-12-22(13-10-19)33-15-5-6-20(17-33)28(35)34(23-7-3-2-4-8-23)18-26-31-27(32-36-26)24-14-11-21(29)16-25(24)30/h9-14,16,20,23H,2-8,15,17-18H2,1H3. The summed E-state index contributed by atoms with van der Waals surface area (Å²) in [6.07, 6.45) is 7.45. The van der Waals surface area contributed by atoms with E-state index in [0.717, 1.165) is 51.6 Å². The molecular formula is C28H32Cl2N4O2. The minimum absolute atomic E-state index is 0.0462. The molecule has 1 aromatic heterocycles. The third-order valence-electron chi connectivity index (χ3n) is 7.41. The van der Waals surface area contributed by atoms with E-state index in [0.29, 0.717) is 33.9 Å². The second-order valence-electron chi connectivity index (χ2n) is 10.0. The molecule has 8 heteroatoms. The summed E-state index contributed by atoms with van der Waals surface area (Å²) >= 11 is 12.4. The van der Waals surface area contributed by atoms with Gasteiger partial charge in [-0.05, 0) is 62.9 Å². The summed E-state index contributed by atoms with van der Waals surface area (Å²) in [5.41, 5.74) is 3.09. The number of piperidine rings is 1. The summed E-state index contributed by atoms with van der Waals surface area (Å²) in [6, 6.07) is 14.0. The molecule has 1 amide bonds. The Morgan fingerprint density at radius 3 is 2.58 bits per heavy atom. The van der Waals surface area contributed by atoms with E-state index in [1.807, 2.05) is 4.90 Å². The van der Waals surface area contributed by atoms with Gasteiger partial charge in [-0.25, -0.2) is 0 Å². The van der Waals surface area contributed by atoms with Crippen LogP contribution in [-0.2, 0) is 11.3 Å². The predicted octanol–water partition coefficient (Wildman–Crippen LogP) is 6.93. The highest BCUT2D eigenvalue weighted by Crippen LogP contribution is 2.31. The van der Waals surface area contributed by atoms with Gasteiger partial charge >= 0.3 is 0 Å². The maximum atomic E-state index is 14.0. The van der Waals surface area contributed by atoms with Gasteiger partial charge in [-0.2, -0.15) is 4.98 Å². The average molecular weight is 527 g/mol. The lowest BCUT2D eigenvalue weighted by molar-refractivity contribution is -0.140. The van der Waals surface area contributed by atoms with Crippen LogP contribution in [0.2, 0.25) is 10.0 Å². The van der Waals surface area contributed by atoms with Crippen molar-refractivity contribution in [2.24, 2.45) is 5.92 Å². The Morgan fingerprint density at radius 2 is 1.83 bits per heavy atom. The average Bonchev–Trinajstić information content (AvgIpc) is 3.36. The molecule has 2 fully saturated rings. The molecule has 2 aromatic carbocycles. The zero-order valence-corrected chi connectivity index (χ0v) is 22.1. The van der Waals surface area contributed by atoms with Gasteiger partial charge in [0, 0.05) is 35.4 Å². The first kappa shape index (κ1) is 25.1. The maximum absolute atomic E-state index is 14.0. The van der Waals surface area contributed by atoms with Crippen LogP contribution in [0.3, 0.4) is 0 Å². The Morgan fingerprint density at radius 1 is 1.06 bits per heavy atom. The molecule has 1 atom stereocenters. The first-order valence-corrected chi connectivity index (χ1v) is 13.6. The van der Waals surface area contributed by atoms with Gasteiger partial charge in [-0.1, -0.05) is 65.3 Å². The van der Waals surface area contributed by atoms with Gasteiger partial charge in [-0.3, -0.25) is 4.79 Å². The van der Waals surface area contributed by atoms with Crippen molar-refractivity contribution < 1.29 is 9.32 Å². The highest BCUT2D eigenvalue weighted by Gasteiger charge is 2.34. The van der Waals surface area contributed by atoms with E-state index in [-0.39, 0.29) is 17.9 Å². The number of amides is 1. The summed E-state index contributed by atoms with van der Waals surface area (Å²) in [5, 5.41) is 5.16. The number of halogens is 2. The third kappa shape index (κ3) is 5.70. The van der Waals surface area contributed by atoms with Gasteiger partial charge in [0.2, 0.25) is 17.6 Å². The smallest absolute Gasteiger partial charge is 0.246 e. The first-order valence-electron chi connectivity index (χ1n) is 12.9. The first-order chi connectivity index (χ1) is 17.5. The van der Waals surface area contributed by atoms with Crippen molar-refractivity contribution in [2.75, 3.05) is 18.0 Å². The second kappa shape index (κ2) is 11.2. The van der Waals surface area contributed by atoms with E-state index < -0.39 is 0 Å². The summed E-state index contributed by atoms with van der Waals surface area (Å²) in [5.74, 6) is 0.991. The molecule has 0 radical (unpaired) electrons. The van der Waals surface area contributed by atoms with E-state index in [9.17, 15) is 4.79 Å². The molecule has 6 nitrogen and oxygen atoms in total. The lowest BCUT2D eigenvalue weighted by atomic mass is 9.91. The lowest BCUT2D eigenvalue weighted by Crippen LogP contribution is -2.48. The second-order valence-corrected chi connectivity index (χ2v) is 10.9. The molecule has 5 rings (SSSR count). The number of aromatic nitrogens is 2. The molecule has 2 heterocycles. The molecule has 0 N–H and O–H groups in total. The van der Waals surface area contributed by atoms with Crippen molar-refractivity contribution in [1.29, 1.82) is 0 Å². The number of carbonyl (C=O) groups excluding carboxylic acids is 1. The van der Waals surface area contributed by atoms with Crippen LogP contribution in [0, 0.1) is 12.8 Å². The van der Waals surface area contributed by atoms with Gasteiger partial charge in [0.25, 0.3) is 0 Å². The zero-order valence-electron chi connectivity index (χ0n) is 20.6. The van der Waals surface area contributed by atoms with Crippen LogP contribution in [0.5, 0.6) is 0 Å². The van der Waals surface area contributed by atoms with Crippen molar-refractivity contribution in [3.05, 3.63) is 64.0 Å². The van der Waals surface area contributed by atoms with E-state index in [1.165, 1.54) is 17.7 Å². The van der Waals surface area contributed by atoms with Crippen molar-refractivity contribution in [3.8, 4) is 11.4 Å². The molecule has 1 aliphatic heterocycles. The number of nitrogens with zero attached hydrogens (tertiary/aromatic N) is 4. The Hall–Kier alpha value is -2.57. The molecule has 3 aromatic rings. The summed E-state index contributed by atoms with van der Waals surface area (Å²) in [4.78, 5) is 22.9. The fourth-order valence-electron chi connectivity index (χ4n) is 5.43. The molecule has 1 aliphatic carbocycles. The number of benzene rings is 2. The lowest BCUT2D eigenvalue weighted by Gasteiger charge is -2.39. The van der Waals surface area contributed by atoms with Crippen LogP contribution in [0.25, 0.3) is 11.4 Å². The third-order valence-corrected chi connectivity index (χ3v) is 7.96. The molecule has 190 valence electrons. The summed E-state index contributed by atoms with van der Waals surface area (Å²) < 4.78 is 5.61. The molecular weight excluding hydrogens is 495 g/mol. The minimum Gasteiger partial charge on any atom is -0.371 e. The van der Waals surface area contributed by atoms with E-state index in [4.69, 9.17) is 27.7 Å². The van der Waals surface area contributed by atoms with Crippen molar-refractivity contribution >= 4 is 34.8 Å². The van der Waals surface area contributed by atoms with E-state index in [2.05, 4.69) is 46.2 Å². The number of hydrogen-bond donors (Lipinski definition) is 0. The number of anilines is 1. The molecule has 2 aliphatic rings. The topological polar surface area (TPSA) is 62.5 Å².